The van der Waals surface area contributed by atoms with Crippen LogP contribution in [0.5, 0.6) is 5.75 Å². The van der Waals surface area contributed by atoms with Crippen molar-refractivity contribution in [3.05, 3.63) is 24.0 Å². The van der Waals surface area contributed by atoms with Gasteiger partial charge in [-0.2, -0.15) is 0 Å². The van der Waals surface area contributed by atoms with E-state index in [1.54, 1.807) is 12.1 Å². The van der Waals surface area contributed by atoms with Gasteiger partial charge in [0.2, 0.25) is 0 Å². The lowest BCUT2D eigenvalue weighted by atomic mass is 10.1. The molecule has 1 aromatic heterocycles. The molecule has 0 aliphatic carbocycles. The standard InChI is InChI=1S/C12H16N4O/c1-3-6-16-8(2)14-15-12(16)10-5-4-9(13)7-11(10)17/h4-5,7,17H,3,6,13H2,1-2H3. The van der Waals surface area contributed by atoms with Gasteiger partial charge in [-0.25, -0.2) is 0 Å². The third kappa shape index (κ3) is 2.08. The zero-order valence-electron chi connectivity index (χ0n) is 10.0. The first-order valence-corrected chi connectivity index (χ1v) is 5.62. The summed E-state index contributed by atoms with van der Waals surface area (Å²) in [7, 11) is 0. The number of benzene rings is 1. The van der Waals surface area contributed by atoms with E-state index in [4.69, 9.17) is 5.73 Å². The third-order valence-corrected chi connectivity index (χ3v) is 2.65. The first-order valence-electron chi connectivity index (χ1n) is 5.62. The predicted octanol–water partition coefficient (Wildman–Crippen LogP) is 1.95. The van der Waals surface area contributed by atoms with Crippen molar-refractivity contribution in [2.45, 2.75) is 26.8 Å². The molecular weight excluding hydrogens is 216 g/mol. The van der Waals surface area contributed by atoms with E-state index < -0.39 is 0 Å². The molecule has 3 N–H and O–H groups in total. The quantitative estimate of drug-likeness (QED) is 0.793. The zero-order valence-corrected chi connectivity index (χ0v) is 10.0. The second kappa shape index (κ2) is 4.45. The monoisotopic (exact) mass is 232 g/mol. The van der Waals surface area contributed by atoms with E-state index in [1.807, 2.05) is 11.5 Å². The Labute approximate surface area is 99.9 Å². The largest absolute Gasteiger partial charge is 0.507 e. The van der Waals surface area contributed by atoms with Gasteiger partial charge in [-0.15, -0.1) is 10.2 Å². The van der Waals surface area contributed by atoms with Crippen LogP contribution in [0.15, 0.2) is 18.2 Å². The fourth-order valence-electron chi connectivity index (χ4n) is 1.81. The molecule has 17 heavy (non-hydrogen) atoms. The average Bonchev–Trinajstić information content (AvgIpc) is 2.62. The second-order valence-electron chi connectivity index (χ2n) is 4.00. The van der Waals surface area contributed by atoms with Crippen molar-refractivity contribution in [1.29, 1.82) is 0 Å². The molecule has 0 radical (unpaired) electrons. The van der Waals surface area contributed by atoms with Gasteiger partial charge in [0.05, 0.1) is 5.56 Å². The Morgan fingerprint density at radius 3 is 2.76 bits per heavy atom. The maximum absolute atomic E-state index is 9.89. The third-order valence-electron chi connectivity index (χ3n) is 2.65. The molecular formula is C12H16N4O. The summed E-state index contributed by atoms with van der Waals surface area (Å²) in [5, 5.41) is 18.0. The molecule has 0 aliphatic heterocycles. The Morgan fingerprint density at radius 2 is 2.12 bits per heavy atom. The molecule has 2 aromatic rings. The van der Waals surface area contributed by atoms with Gasteiger partial charge in [0, 0.05) is 18.3 Å². The van der Waals surface area contributed by atoms with Gasteiger partial charge in [0.15, 0.2) is 5.82 Å². The minimum atomic E-state index is 0.134. The highest BCUT2D eigenvalue weighted by Gasteiger charge is 2.13. The fraction of sp³-hybridized carbons (Fsp3) is 0.333. The predicted molar refractivity (Wildman–Crippen MR) is 66.6 cm³/mol. The molecule has 90 valence electrons. The molecule has 0 fully saturated rings. The number of anilines is 1. The maximum atomic E-state index is 9.89. The van der Waals surface area contributed by atoms with E-state index >= 15 is 0 Å². The van der Waals surface area contributed by atoms with Gasteiger partial charge in [0.25, 0.3) is 0 Å². The second-order valence-corrected chi connectivity index (χ2v) is 4.00. The number of hydrogen-bond donors (Lipinski definition) is 2. The molecule has 0 amide bonds. The van der Waals surface area contributed by atoms with E-state index in [1.165, 1.54) is 6.07 Å². The number of aromatic nitrogens is 3. The van der Waals surface area contributed by atoms with Gasteiger partial charge in [0.1, 0.15) is 11.6 Å². The lowest BCUT2D eigenvalue weighted by Crippen LogP contribution is -2.02. The van der Waals surface area contributed by atoms with Gasteiger partial charge in [-0.05, 0) is 25.5 Å². The number of phenols is 1. The van der Waals surface area contributed by atoms with Gasteiger partial charge >= 0.3 is 0 Å². The lowest BCUT2D eigenvalue weighted by Gasteiger charge is -2.08. The van der Waals surface area contributed by atoms with Crippen molar-refractivity contribution in [2.75, 3.05) is 5.73 Å². The topological polar surface area (TPSA) is 77.0 Å². The Hall–Kier alpha value is -2.04. The maximum Gasteiger partial charge on any atom is 0.167 e. The minimum absolute atomic E-state index is 0.134. The fourth-order valence-corrected chi connectivity index (χ4v) is 1.81. The number of nitrogen functional groups attached to an aromatic ring is 1. The van der Waals surface area contributed by atoms with Crippen molar-refractivity contribution >= 4 is 5.69 Å². The number of rotatable bonds is 3. The molecule has 1 aromatic carbocycles. The van der Waals surface area contributed by atoms with Crippen LogP contribution in [0, 0.1) is 6.92 Å². The van der Waals surface area contributed by atoms with Crippen molar-refractivity contribution in [2.24, 2.45) is 0 Å². The number of aryl methyl sites for hydroxylation is 1. The lowest BCUT2D eigenvalue weighted by molar-refractivity contribution is 0.476. The Kier molecular flexibility index (Phi) is 2.99. The summed E-state index contributed by atoms with van der Waals surface area (Å²) in [6, 6.07) is 5.03. The van der Waals surface area contributed by atoms with Crippen LogP contribution in [-0.4, -0.2) is 19.9 Å². The van der Waals surface area contributed by atoms with Crippen LogP contribution in [0.2, 0.25) is 0 Å². The summed E-state index contributed by atoms with van der Waals surface area (Å²) in [5.74, 6) is 1.66. The van der Waals surface area contributed by atoms with Gasteiger partial charge in [-0.3, -0.25) is 0 Å². The smallest absolute Gasteiger partial charge is 0.167 e. The van der Waals surface area contributed by atoms with Crippen LogP contribution >= 0.6 is 0 Å². The van der Waals surface area contributed by atoms with E-state index in [0.29, 0.717) is 17.1 Å². The van der Waals surface area contributed by atoms with E-state index in [2.05, 4.69) is 17.1 Å². The van der Waals surface area contributed by atoms with Gasteiger partial charge in [-0.1, -0.05) is 6.92 Å². The molecule has 0 saturated carbocycles. The van der Waals surface area contributed by atoms with Crippen LogP contribution in [0.4, 0.5) is 5.69 Å². The molecule has 0 unspecified atom stereocenters. The highest BCUT2D eigenvalue weighted by molar-refractivity contribution is 5.67. The molecule has 0 bridgehead atoms. The molecule has 5 heteroatoms. The van der Waals surface area contributed by atoms with Crippen LogP contribution in [0.1, 0.15) is 19.2 Å². The highest BCUT2D eigenvalue weighted by atomic mass is 16.3. The number of nitrogens with two attached hydrogens (primary N) is 1. The SMILES string of the molecule is CCCn1c(C)nnc1-c1ccc(N)cc1O. The molecule has 1 heterocycles. The summed E-state index contributed by atoms with van der Waals surface area (Å²) >= 11 is 0. The summed E-state index contributed by atoms with van der Waals surface area (Å²) in [4.78, 5) is 0. The minimum Gasteiger partial charge on any atom is -0.507 e. The molecule has 2 rings (SSSR count). The molecule has 5 nitrogen and oxygen atoms in total. The van der Waals surface area contributed by atoms with Crippen molar-refractivity contribution in [3.63, 3.8) is 0 Å². The van der Waals surface area contributed by atoms with Crippen LogP contribution in [0.3, 0.4) is 0 Å². The normalized spacial score (nSPS) is 10.7. The van der Waals surface area contributed by atoms with Crippen LogP contribution in [-0.2, 0) is 6.54 Å². The van der Waals surface area contributed by atoms with E-state index in [0.717, 1.165) is 18.8 Å². The summed E-state index contributed by atoms with van der Waals surface area (Å²) in [5.41, 5.74) is 6.80. The number of phenolic OH excluding ortho intramolecular Hbond substituents is 1. The summed E-state index contributed by atoms with van der Waals surface area (Å²) in [6.07, 6.45) is 0.988. The first-order chi connectivity index (χ1) is 8.13. The Bertz CT molecular complexity index is 533. The summed E-state index contributed by atoms with van der Waals surface area (Å²) in [6.45, 7) is 4.82. The number of aromatic hydroxyl groups is 1. The van der Waals surface area contributed by atoms with Crippen molar-refractivity contribution < 1.29 is 5.11 Å². The number of hydrogen-bond acceptors (Lipinski definition) is 4. The molecule has 0 saturated heterocycles. The van der Waals surface area contributed by atoms with Crippen LogP contribution < -0.4 is 5.73 Å². The van der Waals surface area contributed by atoms with Crippen molar-refractivity contribution in [3.8, 4) is 17.1 Å². The number of nitrogens with zero attached hydrogens (tertiary/aromatic N) is 3. The summed E-state index contributed by atoms with van der Waals surface area (Å²) < 4.78 is 1.99. The Balaban J connectivity index is 2.52. The van der Waals surface area contributed by atoms with E-state index in [9.17, 15) is 5.11 Å². The van der Waals surface area contributed by atoms with Crippen LogP contribution in [0.25, 0.3) is 11.4 Å². The zero-order chi connectivity index (χ0) is 12.4. The molecule has 0 aliphatic rings. The molecule has 0 spiro atoms. The first kappa shape index (κ1) is 11.4. The van der Waals surface area contributed by atoms with Gasteiger partial charge < -0.3 is 15.4 Å². The average molecular weight is 232 g/mol. The molecule has 0 atom stereocenters. The van der Waals surface area contributed by atoms with E-state index in [-0.39, 0.29) is 5.75 Å². The van der Waals surface area contributed by atoms with Crippen molar-refractivity contribution in [1.82, 2.24) is 14.8 Å². The highest BCUT2D eigenvalue weighted by Crippen LogP contribution is 2.29. The Morgan fingerprint density at radius 1 is 1.35 bits per heavy atom.